The zero-order valence-corrected chi connectivity index (χ0v) is 23.9. The van der Waals surface area contributed by atoms with Gasteiger partial charge in [-0.1, -0.05) is 52.6 Å². The van der Waals surface area contributed by atoms with Gasteiger partial charge >= 0.3 is 5.97 Å². The molecule has 10 nitrogen and oxygen atoms in total. The van der Waals surface area contributed by atoms with Gasteiger partial charge in [0.05, 0.1) is 41.1 Å². The monoisotopic (exact) mass is 599 g/mol. The minimum Gasteiger partial charge on any atom is -0.496 e. The van der Waals surface area contributed by atoms with Crippen molar-refractivity contribution in [2.24, 2.45) is 5.16 Å². The van der Waals surface area contributed by atoms with E-state index in [1.807, 2.05) is 0 Å². The Morgan fingerprint density at radius 2 is 1.59 bits per heavy atom. The second kappa shape index (κ2) is 12.5. The predicted octanol–water partition coefficient (Wildman–Crippen LogP) is 4.96. The second-order valence-corrected chi connectivity index (χ2v) is 10.2. The number of ether oxygens (including phenoxy) is 2. The van der Waals surface area contributed by atoms with E-state index >= 15 is 0 Å². The van der Waals surface area contributed by atoms with Crippen LogP contribution in [0, 0.1) is 0 Å². The largest absolute Gasteiger partial charge is 0.496 e. The summed E-state index contributed by atoms with van der Waals surface area (Å²) in [5.41, 5.74) is 0.733. The van der Waals surface area contributed by atoms with Crippen LogP contribution in [0.1, 0.15) is 34.8 Å². The van der Waals surface area contributed by atoms with E-state index < -0.39 is 29.4 Å². The molecule has 0 aromatic heterocycles. The maximum absolute atomic E-state index is 13.2. The highest BCUT2D eigenvalue weighted by molar-refractivity contribution is 6.40. The number of hydrogen-bond donors (Lipinski definition) is 3. The van der Waals surface area contributed by atoms with Gasteiger partial charge in [0.2, 0.25) is 5.60 Å². The highest BCUT2D eigenvalue weighted by atomic mass is 35.5. The number of hydrogen-bond acceptors (Lipinski definition) is 7. The molecule has 3 aromatic carbocycles. The van der Waals surface area contributed by atoms with Gasteiger partial charge in [-0.05, 0) is 48.9 Å². The van der Waals surface area contributed by atoms with E-state index in [-0.39, 0.29) is 28.5 Å². The van der Waals surface area contributed by atoms with Gasteiger partial charge in [0.15, 0.2) is 0 Å². The molecule has 2 atom stereocenters. The van der Waals surface area contributed by atoms with Gasteiger partial charge in [-0.15, -0.1) is 0 Å². The number of amides is 2. The molecule has 0 spiro atoms. The summed E-state index contributed by atoms with van der Waals surface area (Å²) in [6, 6.07) is 15.3. The smallest absolute Gasteiger partial charge is 0.326 e. The van der Waals surface area contributed by atoms with E-state index in [2.05, 4.69) is 15.8 Å². The van der Waals surface area contributed by atoms with Crippen molar-refractivity contribution in [2.75, 3.05) is 19.5 Å². The van der Waals surface area contributed by atoms with Crippen molar-refractivity contribution in [3.05, 3.63) is 87.4 Å². The predicted molar refractivity (Wildman–Crippen MR) is 154 cm³/mol. The minimum atomic E-state index is -1.46. The molecule has 1 aliphatic heterocycles. The Kier molecular flexibility index (Phi) is 9.05. The Morgan fingerprint density at radius 3 is 2.15 bits per heavy atom. The molecule has 0 fully saturated rings. The summed E-state index contributed by atoms with van der Waals surface area (Å²) in [4.78, 5) is 43.4. The number of nitrogens with one attached hydrogen (secondary N) is 2. The molecule has 0 bridgehead atoms. The molecule has 1 heterocycles. The average Bonchev–Trinajstić information content (AvgIpc) is 3.35. The summed E-state index contributed by atoms with van der Waals surface area (Å²) in [6.45, 7) is 1.53. The van der Waals surface area contributed by atoms with Crippen molar-refractivity contribution in [1.82, 2.24) is 5.32 Å². The lowest BCUT2D eigenvalue weighted by molar-refractivity contribution is -0.148. The van der Waals surface area contributed by atoms with Crippen molar-refractivity contribution in [3.63, 3.8) is 0 Å². The number of carboxylic acids is 1. The topological polar surface area (TPSA) is 136 Å². The van der Waals surface area contributed by atoms with Gasteiger partial charge in [-0.3, -0.25) is 9.59 Å². The molecule has 1 aliphatic rings. The van der Waals surface area contributed by atoms with Gasteiger partial charge in [0.1, 0.15) is 17.5 Å². The average molecular weight is 600 g/mol. The molecule has 0 aliphatic carbocycles. The van der Waals surface area contributed by atoms with E-state index in [4.69, 9.17) is 37.5 Å². The van der Waals surface area contributed by atoms with E-state index in [0.717, 1.165) is 0 Å². The van der Waals surface area contributed by atoms with Crippen LogP contribution in [-0.4, -0.2) is 54.5 Å². The molecule has 0 saturated carbocycles. The quantitative estimate of drug-likeness (QED) is 0.300. The molecule has 0 saturated heterocycles. The molecule has 12 heteroatoms. The lowest BCUT2D eigenvalue weighted by atomic mass is 9.93. The number of rotatable bonds is 10. The Labute approximate surface area is 246 Å². The highest BCUT2D eigenvalue weighted by Crippen LogP contribution is 2.36. The zero-order chi connectivity index (χ0) is 29.7. The van der Waals surface area contributed by atoms with Gasteiger partial charge in [-0.2, -0.15) is 0 Å². The number of benzene rings is 3. The molecule has 3 N–H and O–H groups in total. The molecular weight excluding hydrogens is 573 g/mol. The number of aliphatic carboxylic acids is 1. The Hall–Kier alpha value is -4.28. The van der Waals surface area contributed by atoms with Crippen molar-refractivity contribution >= 4 is 52.4 Å². The molecule has 4 rings (SSSR count). The fraction of sp³-hybridized carbons (Fsp3) is 0.241. The normalized spacial score (nSPS) is 16.7. The molecular formula is C29H27Cl2N3O7. The Balaban J connectivity index is 1.42. The van der Waals surface area contributed by atoms with Crippen molar-refractivity contribution in [1.29, 1.82) is 0 Å². The SMILES string of the molecule is COc1cccc(OC)c1C1=NO[C@](C)(C(=O)NC(Cc2ccc(NC(=O)c3c(Cl)cccc3Cl)cc2)C(=O)O)C1. The van der Waals surface area contributed by atoms with Crippen LogP contribution < -0.4 is 20.1 Å². The summed E-state index contributed by atoms with van der Waals surface area (Å²) in [6.07, 6.45) is 0.0432. The van der Waals surface area contributed by atoms with E-state index in [0.29, 0.717) is 34.0 Å². The Morgan fingerprint density at radius 1 is 1.00 bits per heavy atom. The number of carbonyl (C=O) groups is 3. The number of nitrogens with zero attached hydrogens (tertiary/aromatic N) is 1. The third kappa shape index (κ3) is 6.55. The molecule has 3 aromatic rings. The van der Waals surface area contributed by atoms with Crippen LogP contribution in [0.25, 0.3) is 0 Å². The van der Waals surface area contributed by atoms with E-state index in [9.17, 15) is 19.5 Å². The van der Waals surface area contributed by atoms with Crippen LogP contribution in [0.5, 0.6) is 11.5 Å². The summed E-state index contributed by atoms with van der Waals surface area (Å²) in [5, 5.41) is 19.6. The van der Waals surface area contributed by atoms with Crippen LogP contribution in [0.4, 0.5) is 5.69 Å². The highest BCUT2D eigenvalue weighted by Gasteiger charge is 2.44. The lowest BCUT2D eigenvalue weighted by Gasteiger charge is -2.23. The number of methoxy groups -OCH3 is 2. The van der Waals surface area contributed by atoms with E-state index in [1.165, 1.54) is 21.1 Å². The third-order valence-electron chi connectivity index (χ3n) is 6.50. The third-order valence-corrected chi connectivity index (χ3v) is 7.13. The molecule has 2 amide bonds. The maximum atomic E-state index is 13.2. The van der Waals surface area contributed by atoms with Crippen LogP contribution in [-0.2, 0) is 20.8 Å². The summed E-state index contributed by atoms with van der Waals surface area (Å²) < 4.78 is 10.8. The number of halogens is 2. The summed E-state index contributed by atoms with van der Waals surface area (Å²) >= 11 is 12.2. The van der Waals surface area contributed by atoms with Crippen molar-refractivity contribution in [3.8, 4) is 11.5 Å². The van der Waals surface area contributed by atoms with Gasteiger partial charge in [0, 0.05) is 18.5 Å². The summed E-state index contributed by atoms with van der Waals surface area (Å²) in [7, 11) is 3.01. The lowest BCUT2D eigenvalue weighted by Crippen LogP contribution is -2.51. The minimum absolute atomic E-state index is 0.0181. The molecule has 0 radical (unpaired) electrons. The number of oxime groups is 1. The van der Waals surface area contributed by atoms with Gasteiger partial charge in [-0.25, -0.2) is 4.79 Å². The van der Waals surface area contributed by atoms with Crippen LogP contribution in [0.15, 0.2) is 65.8 Å². The first-order valence-corrected chi connectivity index (χ1v) is 13.2. The van der Waals surface area contributed by atoms with Crippen LogP contribution in [0.2, 0.25) is 10.0 Å². The number of carbonyl (C=O) groups excluding carboxylic acids is 2. The summed E-state index contributed by atoms with van der Waals surface area (Å²) in [5.74, 6) is -1.36. The van der Waals surface area contributed by atoms with Crippen molar-refractivity contribution < 1.29 is 33.8 Å². The zero-order valence-electron chi connectivity index (χ0n) is 22.4. The molecule has 1 unspecified atom stereocenters. The number of anilines is 1. The Bertz CT molecular complexity index is 1470. The standard InChI is InChI=1S/C29H27Cl2N3O7/c1-29(15-21(34-41-29)25-22(39-2)8-5-9-23(25)40-3)28(38)33-20(27(36)37)14-16-10-12-17(13-11-16)32-26(35)24-18(30)6-4-7-19(24)31/h4-13,20H,14-15H2,1-3H3,(H,32,35)(H,33,38)(H,36,37)/t20?,29-/m0/s1. The molecule has 214 valence electrons. The number of carboxylic acid groups (broad SMARTS) is 1. The van der Waals surface area contributed by atoms with Crippen LogP contribution >= 0.6 is 23.2 Å². The van der Waals surface area contributed by atoms with Gasteiger partial charge < -0.3 is 30.1 Å². The maximum Gasteiger partial charge on any atom is 0.326 e. The van der Waals surface area contributed by atoms with E-state index in [1.54, 1.807) is 60.7 Å². The van der Waals surface area contributed by atoms with Gasteiger partial charge in [0.25, 0.3) is 11.8 Å². The fourth-order valence-corrected chi connectivity index (χ4v) is 4.88. The molecule has 41 heavy (non-hydrogen) atoms. The van der Waals surface area contributed by atoms with Crippen molar-refractivity contribution in [2.45, 2.75) is 31.4 Å². The van der Waals surface area contributed by atoms with Crippen LogP contribution in [0.3, 0.4) is 0 Å². The fourth-order valence-electron chi connectivity index (χ4n) is 4.31. The first-order valence-electron chi connectivity index (χ1n) is 12.4. The first kappa shape index (κ1) is 29.7. The first-order chi connectivity index (χ1) is 19.6. The second-order valence-electron chi connectivity index (χ2n) is 9.39.